The SMILES string of the molecule is CO[C@@H](CNC(=O)C(C)(C)C#N)c1cccc(Cl)c1. The molecule has 1 aromatic rings. The number of nitriles is 1. The summed E-state index contributed by atoms with van der Waals surface area (Å²) in [6, 6.07) is 9.22. The monoisotopic (exact) mass is 280 g/mol. The minimum absolute atomic E-state index is 0.292. The zero-order valence-corrected chi connectivity index (χ0v) is 12.0. The number of nitrogens with one attached hydrogen (secondary N) is 1. The van der Waals surface area contributed by atoms with Gasteiger partial charge < -0.3 is 10.1 Å². The van der Waals surface area contributed by atoms with Gasteiger partial charge >= 0.3 is 0 Å². The highest BCUT2D eigenvalue weighted by molar-refractivity contribution is 6.30. The number of halogens is 1. The third-order valence-electron chi connectivity index (χ3n) is 2.80. The van der Waals surface area contributed by atoms with Crippen LogP contribution in [0.1, 0.15) is 25.5 Å². The van der Waals surface area contributed by atoms with Crippen molar-refractivity contribution < 1.29 is 9.53 Å². The van der Waals surface area contributed by atoms with Crippen molar-refractivity contribution in [3.8, 4) is 6.07 Å². The van der Waals surface area contributed by atoms with E-state index >= 15 is 0 Å². The van der Waals surface area contributed by atoms with Crippen LogP contribution >= 0.6 is 11.6 Å². The fourth-order valence-electron chi connectivity index (χ4n) is 1.50. The van der Waals surface area contributed by atoms with E-state index in [1.807, 2.05) is 18.2 Å². The van der Waals surface area contributed by atoms with Gasteiger partial charge in [-0.25, -0.2) is 0 Å². The molecule has 5 heteroatoms. The van der Waals surface area contributed by atoms with Crippen LogP contribution in [0.4, 0.5) is 0 Å². The molecule has 0 saturated heterocycles. The third-order valence-corrected chi connectivity index (χ3v) is 3.04. The number of benzene rings is 1. The number of hydrogen-bond acceptors (Lipinski definition) is 3. The molecule has 0 bridgehead atoms. The highest BCUT2D eigenvalue weighted by Crippen LogP contribution is 2.20. The zero-order valence-electron chi connectivity index (χ0n) is 11.2. The molecule has 0 heterocycles. The van der Waals surface area contributed by atoms with E-state index in [1.165, 1.54) is 0 Å². The molecule has 4 nitrogen and oxygen atoms in total. The van der Waals surface area contributed by atoms with Crippen molar-refractivity contribution in [2.24, 2.45) is 5.41 Å². The Hall–Kier alpha value is -1.57. The lowest BCUT2D eigenvalue weighted by atomic mass is 9.94. The maximum absolute atomic E-state index is 11.8. The maximum atomic E-state index is 11.8. The van der Waals surface area contributed by atoms with E-state index in [1.54, 1.807) is 33.1 Å². The van der Waals surface area contributed by atoms with Crippen LogP contribution in [0.15, 0.2) is 24.3 Å². The van der Waals surface area contributed by atoms with Crippen molar-refractivity contribution in [2.45, 2.75) is 20.0 Å². The first kappa shape index (κ1) is 15.5. The van der Waals surface area contributed by atoms with E-state index in [2.05, 4.69) is 5.32 Å². The summed E-state index contributed by atoms with van der Waals surface area (Å²) in [5.41, 5.74) is -0.169. The molecule has 1 aromatic carbocycles. The maximum Gasteiger partial charge on any atom is 0.240 e. The number of nitrogens with zero attached hydrogens (tertiary/aromatic N) is 1. The van der Waals surface area contributed by atoms with Gasteiger partial charge in [-0.15, -0.1) is 0 Å². The second-order valence-electron chi connectivity index (χ2n) is 4.73. The summed E-state index contributed by atoms with van der Waals surface area (Å²) >= 11 is 5.92. The summed E-state index contributed by atoms with van der Waals surface area (Å²) in [5, 5.41) is 12.2. The van der Waals surface area contributed by atoms with Gasteiger partial charge in [0.25, 0.3) is 0 Å². The third kappa shape index (κ3) is 4.23. The van der Waals surface area contributed by atoms with Crippen LogP contribution in [0.2, 0.25) is 5.02 Å². The van der Waals surface area contributed by atoms with E-state index in [0.717, 1.165) is 5.56 Å². The number of methoxy groups -OCH3 is 1. The van der Waals surface area contributed by atoms with Gasteiger partial charge in [-0.1, -0.05) is 23.7 Å². The number of rotatable bonds is 5. The Bertz CT molecular complexity index is 494. The van der Waals surface area contributed by atoms with Crippen LogP contribution < -0.4 is 5.32 Å². The number of carbonyl (C=O) groups excluding carboxylic acids is 1. The smallest absolute Gasteiger partial charge is 0.240 e. The van der Waals surface area contributed by atoms with Gasteiger partial charge in [-0.05, 0) is 31.5 Å². The minimum atomic E-state index is -1.05. The Balaban J connectivity index is 2.70. The molecule has 0 unspecified atom stereocenters. The van der Waals surface area contributed by atoms with Crippen molar-refractivity contribution >= 4 is 17.5 Å². The van der Waals surface area contributed by atoms with Gasteiger partial charge in [0.15, 0.2) is 0 Å². The lowest BCUT2D eigenvalue weighted by Crippen LogP contribution is -2.38. The molecule has 0 aliphatic carbocycles. The fourth-order valence-corrected chi connectivity index (χ4v) is 1.70. The Morgan fingerprint density at radius 2 is 2.26 bits per heavy atom. The summed E-state index contributed by atoms with van der Waals surface area (Å²) in [6.07, 6.45) is -0.294. The first-order chi connectivity index (χ1) is 8.90. The summed E-state index contributed by atoms with van der Waals surface area (Å²) in [6.45, 7) is 3.44. The minimum Gasteiger partial charge on any atom is -0.375 e. The topological polar surface area (TPSA) is 62.1 Å². The summed E-state index contributed by atoms with van der Waals surface area (Å²) in [7, 11) is 1.56. The summed E-state index contributed by atoms with van der Waals surface area (Å²) < 4.78 is 5.33. The van der Waals surface area contributed by atoms with Crippen molar-refractivity contribution in [2.75, 3.05) is 13.7 Å². The highest BCUT2D eigenvalue weighted by atomic mass is 35.5. The predicted molar refractivity (Wildman–Crippen MR) is 73.6 cm³/mol. The Morgan fingerprint density at radius 3 is 2.79 bits per heavy atom. The largest absolute Gasteiger partial charge is 0.375 e. The van der Waals surface area contributed by atoms with Gasteiger partial charge in [-0.2, -0.15) is 5.26 Å². The van der Waals surface area contributed by atoms with Crippen LogP contribution in [0.3, 0.4) is 0 Å². The van der Waals surface area contributed by atoms with E-state index < -0.39 is 5.41 Å². The molecule has 0 spiro atoms. The quantitative estimate of drug-likeness (QED) is 0.902. The molecule has 1 N–H and O–H groups in total. The number of amides is 1. The Morgan fingerprint density at radius 1 is 1.58 bits per heavy atom. The lowest BCUT2D eigenvalue weighted by molar-refractivity contribution is -0.127. The molecular formula is C14H17ClN2O2. The van der Waals surface area contributed by atoms with E-state index in [4.69, 9.17) is 21.6 Å². The van der Waals surface area contributed by atoms with Crippen molar-refractivity contribution in [3.05, 3.63) is 34.9 Å². The number of carbonyl (C=O) groups is 1. The van der Waals surface area contributed by atoms with Crippen LogP contribution in [0.5, 0.6) is 0 Å². The molecule has 1 atom stereocenters. The van der Waals surface area contributed by atoms with Crippen LogP contribution in [0.25, 0.3) is 0 Å². The molecule has 0 aliphatic rings. The molecule has 0 fully saturated rings. The normalized spacial score (nSPS) is 12.6. The second-order valence-corrected chi connectivity index (χ2v) is 5.16. The van der Waals surface area contributed by atoms with Gasteiger partial charge in [0.1, 0.15) is 5.41 Å². The molecule has 1 rings (SSSR count). The van der Waals surface area contributed by atoms with E-state index in [9.17, 15) is 4.79 Å². The van der Waals surface area contributed by atoms with Gasteiger partial charge in [0, 0.05) is 18.7 Å². The molecule has 0 aliphatic heterocycles. The molecule has 0 saturated carbocycles. The molecular weight excluding hydrogens is 264 g/mol. The Kier molecular flexibility index (Phi) is 5.34. The average molecular weight is 281 g/mol. The summed E-state index contributed by atoms with van der Waals surface area (Å²) in [5.74, 6) is -0.320. The molecule has 19 heavy (non-hydrogen) atoms. The first-order valence-corrected chi connectivity index (χ1v) is 6.26. The number of ether oxygens (including phenoxy) is 1. The van der Waals surface area contributed by atoms with E-state index in [0.29, 0.717) is 11.6 Å². The average Bonchev–Trinajstić information content (AvgIpc) is 2.39. The molecule has 0 radical (unpaired) electrons. The summed E-state index contributed by atoms with van der Waals surface area (Å²) in [4.78, 5) is 11.8. The molecule has 1 amide bonds. The van der Waals surface area contributed by atoms with Gasteiger partial charge in [-0.3, -0.25) is 4.79 Å². The van der Waals surface area contributed by atoms with Crippen LogP contribution in [0, 0.1) is 16.7 Å². The van der Waals surface area contributed by atoms with Crippen LogP contribution in [-0.2, 0) is 9.53 Å². The second kappa shape index (κ2) is 6.55. The lowest BCUT2D eigenvalue weighted by Gasteiger charge is -2.20. The van der Waals surface area contributed by atoms with Crippen molar-refractivity contribution in [1.29, 1.82) is 5.26 Å². The van der Waals surface area contributed by atoms with Crippen LogP contribution in [-0.4, -0.2) is 19.6 Å². The van der Waals surface area contributed by atoms with Gasteiger partial charge in [0.05, 0.1) is 12.2 Å². The first-order valence-electron chi connectivity index (χ1n) is 5.88. The van der Waals surface area contributed by atoms with Gasteiger partial charge in [0.2, 0.25) is 5.91 Å². The predicted octanol–water partition coefficient (Wildman–Crippen LogP) is 2.69. The zero-order chi connectivity index (χ0) is 14.5. The van der Waals surface area contributed by atoms with E-state index in [-0.39, 0.29) is 12.0 Å². The van der Waals surface area contributed by atoms with Crippen molar-refractivity contribution in [3.63, 3.8) is 0 Å². The highest BCUT2D eigenvalue weighted by Gasteiger charge is 2.27. The number of hydrogen-bond donors (Lipinski definition) is 1. The standard InChI is InChI=1S/C14H17ClN2O2/c1-14(2,9-16)13(18)17-8-12(19-3)10-5-4-6-11(15)7-10/h4-7,12H,8H2,1-3H3,(H,17,18)/t12-/m0/s1. The Labute approximate surface area is 118 Å². The fraction of sp³-hybridized carbons (Fsp3) is 0.429. The molecule has 0 aromatic heterocycles. The molecule has 102 valence electrons. The van der Waals surface area contributed by atoms with Crippen molar-refractivity contribution in [1.82, 2.24) is 5.32 Å².